The molecule has 0 heterocycles. The van der Waals surface area contributed by atoms with E-state index in [1.807, 2.05) is 45.0 Å². The van der Waals surface area contributed by atoms with E-state index in [0.29, 0.717) is 12.8 Å². The lowest BCUT2D eigenvalue weighted by atomic mass is 9.79. The van der Waals surface area contributed by atoms with E-state index in [9.17, 15) is 10.1 Å². The van der Waals surface area contributed by atoms with E-state index >= 15 is 0 Å². The van der Waals surface area contributed by atoms with Crippen LogP contribution >= 0.6 is 15.9 Å². The largest absolute Gasteiger partial charge is 0.348 e. The molecular weight excluding hydrogens is 328 g/mol. The van der Waals surface area contributed by atoms with Crippen LogP contribution in [0.2, 0.25) is 0 Å². The van der Waals surface area contributed by atoms with Crippen molar-refractivity contribution in [2.24, 2.45) is 5.41 Å². The van der Waals surface area contributed by atoms with Gasteiger partial charge in [0.1, 0.15) is 5.41 Å². The first kappa shape index (κ1) is 17.7. The molecule has 0 saturated heterocycles. The van der Waals surface area contributed by atoms with E-state index in [-0.39, 0.29) is 11.9 Å². The Morgan fingerprint density at radius 3 is 2.24 bits per heavy atom. The minimum Gasteiger partial charge on any atom is -0.348 e. The number of carbonyl (C=O) groups excluding carboxylic acids is 1. The molecule has 1 atom stereocenters. The third kappa shape index (κ3) is 4.57. The van der Waals surface area contributed by atoms with Crippen LogP contribution in [0.5, 0.6) is 0 Å². The van der Waals surface area contributed by atoms with E-state index in [1.165, 1.54) is 0 Å². The maximum Gasteiger partial charge on any atom is 0.240 e. The fourth-order valence-corrected chi connectivity index (χ4v) is 2.80. The number of halogens is 1. The molecule has 4 heteroatoms. The number of carbonyl (C=O) groups is 1. The summed E-state index contributed by atoms with van der Waals surface area (Å²) in [6, 6.07) is 10.0. The molecule has 0 aliphatic rings. The molecule has 0 aliphatic carbocycles. The minimum absolute atomic E-state index is 0.105. The van der Waals surface area contributed by atoms with Crippen molar-refractivity contribution in [3.8, 4) is 6.07 Å². The van der Waals surface area contributed by atoms with Crippen LogP contribution in [0.25, 0.3) is 0 Å². The summed E-state index contributed by atoms with van der Waals surface area (Å²) in [5.74, 6) is -0.149. The van der Waals surface area contributed by atoms with E-state index in [2.05, 4.69) is 27.3 Å². The Morgan fingerprint density at radius 2 is 1.81 bits per heavy atom. The smallest absolute Gasteiger partial charge is 0.240 e. The van der Waals surface area contributed by atoms with E-state index in [4.69, 9.17) is 0 Å². The molecule has 0 aliphatic heterocycles. The highest BCUT2D eigenvalue weighted by Crippen LogP contribution is 2.30. The van der Waals surface area contributed by atoms with Gasteiger partial charge in [0, 0.05) is 4.47 Å². The normalized spacial score (nSPS) is 12.5. The van der Waals surface area contributed by atoms with Crippen molar-refractivity contribution >= 4 is 21.8 Å². The highest BCUT2D eigenvalue weighted by atomic mass is 79.9. The molecule has 1 aromatic rings. The Labute approximate surface area is 135 Å². The molecule has 21 heavy (non-hydrogen) atoms. The number of nitrogens with zero attached hydrogens (tertiary/aromatic N) is 1. The summed E-state index contributed by atoms with van der Waals surface area (Å²) < 4.78 is 1.01. The van der Waals surface area contributed by atoms with Crippen LogP contribution in [0.15, 0.2) is 28.7 Å². The molecule has 114 valence electrons. The third-order valence-corrected chi connectivity index (χ3v) is 4.25. The van der Waals surface area contributed by atoms with Gasteiger partial charge in [0.05, 0.1) is 12.1 Å². The Kier molecular flexibility index (Phi) is 6.91. The van der Waals surface area contributed by atoms with Crippen LogP contribution in [-0.2, 0) is 4.79 Å². The van der Waals surface area contributed by atoms with Crippen LogP contribution in [0.1, 0.15) is 58.1 Å². The summed E-state index contributed by atoms with van der Waals surface area (Å²) in [7, 11) is 0. The topological polar surface area (TPSA) is 52.9 Å². The van der Waals surface area contributed by atoms with Gasteiger partial charge >= 0.3 is 0 Å². The molecule has 3 nitrogen and oxygen atoms in total. The zero-order chi connectivity index (χ0) is 15.9. The molecule has 0 fully saturated rings. The van der Waals surface area contributed by atoms with Crippen LogP contribution in [-0.4, -0.2) is 5.91 Å². The molecule has 0 saturated carbocycles. The highest BCUT2D eigenvalue weighted by molar-refractivity contribution is 9.10. The molecular formula is C17H23BrN2O. The van der Waals surface area contributed by atoms with Crippen molar-refractivity contribution in [2.45, 2.75) is 52.5 Å². The lowest BCUT2D eigenvalue weighted by molar-refractivity contribution is -0.129. The first-order valence-corrected chi connectivity index (χ1v) is 8.26. The van der Waals surface area contributed by atoms with Gasteiger partial charge < -0.3 is 5.32 Å². The Balaban J connectivity index is 2.86. The van der Waals surface area contributed by atoms with Crippen LogP contribution in [0, 0.1) is 16.7 Å². The third-order valence-electron chi connectivity index (χ3n) is 3.72. The van der Waals surface area contributed by atoms with Gasteiger partial charge in [-0.1, -0.05) is 54.8 Å². The number of nitrogens with one attached hydrogen (secondary N) is 1. The Hall–Kier alpha value is -1.34. The maximum atomic E-state index is 12.6. The summed E-state index contributed by atoms with van der Waals surface area (Å²) >= 11 is 3.40. The number of hydrogen-bond donors (Lipinski definition) is 1. The van der Waals surface area contributed by atoms with Gasteiger partial charge in [-0.25, -0.2) is 0 Å². The molecule has 0 bridgehead atoms. The van der Waals surface area contributed by atoms with Gasteiger partial charge in [-0.15, -0.1) is 0 Å². The fraction of sp³-hybridized carbons (Fsp3) is 0.529. The molecule has 1 amide bonds. The van der Waals surface area contributed by atoms with E-state index < -0.39 is 5.41 Å². The lowest BCUT2D eigenvalue weighted by Gasteiger charge is -2.27. The van der Waals surface area contributed by atoms with Gasteiger partial charge in [-0.3, -0.25) is 4.79 Å². The van der Waals surface area contributed by atoms with Crippen molar-refractivity contribution < 1.29 is 4.79 Å². The summed E-state index contributed by atoms with van der Waals surface area (Å²) in [5, 5.41) is 12.5. The highest BCUT2D eigenvalue weighted by Gasteiger charge is 2.37. The number of hydrogen-bond acceptors (Lipinski definition) is 2. The summed E-state index contributed by atoms with van der Waals surface area (Å²) in [6.07, 6.45) is 2.87. The maximum absolute atomic E-state index is 12.6. The van der Waals surface area contributed by atoms with Crippen molar-refractivity contribution in [3.63, 3.8) is 0 Å². The molecule has 1 aromatic carbocycles. The molecule has 1 N–H and O–H groups in total. The van der Waals surface area contributed by atoms with Crippen LogP contribution in [0.3, 0.4) is 0 Å². The summed E-state index contributed by atoms with van der Waals surface area (Å²) in [5.41, 5.74) is 0.138. The van der Waals surface area contributed by atoms with Crippen molar-refractivity contribution in [3.05, 3.63) is 34.3 Å². The summed E-state index contributed by atoms with van der Waals surface area (Å²) in [6.45, 7) is 5.96. The number of nitriles is 1. The van der Waals surface area contributed by atoms with Crippen LogP contribution in [0.4, 0.5) is 0 Å². The first-order valence-electron chi connectivity index (χ1n) is 7.46. The van der Waals surface area contributed by atoms with Crippen molar-refractivity contribution in [1.29, 1.82) is 5.26 Å². The quantitative estimate of drug-likeness (QED) is 0.772. The zero-order valence-corrected chi connectivity index (χ0v) is 14.5. The monoisotopic (exact) mass is 350 g/mol. The molecule has 0 radical (unpaired) electrons. The molecule has 1 rings (SSSR count). The summed E-state index contributed by atoms with van der Waals surface area (Å²) in [4.78, 5) is 12.6. The van der Waals surface area contributed by atoms with Crippen molar-refractivity contribution in [2.75, 3.05) is 0 Å². The number of benzene rings is 1. The number of rotatable bonds is 7. The molecule has 0 aromatic heterocycles. The lowest BCUT2D eigenvalue weighted by Crippen LogP contribution is -2.41. The molecule has 0 spiro atoms. The second kappa shape index (κ2) is 8.19. The van der Waals surface area contributed by atoms with Gasteiger partial charge in [0.2, 0.25) is 5.91 Å². The predicted octanol–water partition coefficient (Wildman–Crippen LogP) is 4.74. The van der Waals surface area contributed by atoms with Crippen molar-refractivity contribution in [1.82, 2.24) is 5.32 Å². The average molecular weight is 351 g/mol. The SMILES string of the molecule is CCCC(C#N)(CCC)C(=O)N[C@@H](C)c1ccc(Br)cc1. The van der Waals surface area contributed by atoms with E-state index in [1.54, 1.807) is 0 Å². The van der Waals surface area contributed by atoms with Gasteiger partial charge in [0.25, 0.3) is 0 Å². The first-order chi connectivity index (χ1) is 9.99. The second-order valence-electron chi connectivity index (χ2n) is 5.44. The molecule has 0 unspecified atom stereocenters. The zero-order valence-electron chi connectivity index (χ0n) is 12.9. The second-order valence-corrected chi connectivity index (χ2v) is 6.36. The van der Waals surface area contributed by atoms with E-state index in [0.717, 1.165) is 22.9 Å². The average Bonchev–Trinajstić information content (AvgIpc) is 2.47. The Bertz CT molecular complexity index is 499. The fourth-order valence-electron chi connectivity index (χ4n) is 2.54. The Morgan fingerprint density at radius 1 is 1.29 bits per heavy atom. The standard InChI is InChI=1S/C17H23BrN2O/c1-4-10-17(12-19,11-5-2)16(21)20-13(3)14-6-8-15(18)9-7-14/h6-9,13H,4-5,10-11H2,1-3H3,(H,20,21)/t13-/m0/s1. The predicted molar refractivity (Wildman–Crippen MR) is 88.6 cm³/mol. The van der Waals surface area contributed by atoms with Gasteiger partial charge in [0.15, 0.2) is 0 Å². The van der Waals surface area contributed by atoms with Gasteiger partial charge in [-0.05, 0) is 37.5 Å². The van der Waals surface area contributed by atoms with Gasteiger partial charge in [-0.2, -0.15) is 5.26 Å². The van der Waals surface area contributed by atoms with Crippen LogP contribution < -0.4 is 5.32 Å². The minimum atomic E-state index is -0.896. The number of amides is 1.